The minimum Gasteiger partial charge on any atom is -0.497 e. The summed E-state index contributed by atoms with van der Waals surface area (Å²) in [5.74, 6) is -2.06. The highest BCUT2D eigenvalue weighted by atomic mass is 16.5. The van der Waals surface area contributed by atoms with Crippen LogP contribution in [0.15, 0.2) is 66.9 Å². The van der Waals surface area contributed by atoms with Gasteiger partial charge in [0.05, 0.1) is 24.6 Å². The molecule has 1 aromatic heterocycles. The first-order valence-electron chi connectivity index (χ1n) is 13.1. The molecule has 3 aromatic carbocycles. The van der Waals surface area contributed by atoms with Crippen LogP contribution in [0.4, 0.5) is 11.4 Å². The van der Waals surface area contributed by atoms with E-state index in [-0.39, 0.29) is 17.7 Å². The number of anilines is 2. The van der Waals surface area contributed by atoms with E-state index >= 15 is 0 Å². The smallest absolute Gasteiger partial charge is 0.250 e. The lowest BCUT2D eigenvalue weighted by molar-refractivity contribution is -0.130. The van der Waals surface area contributed by atoms with Gasteiger partial charge in [0, 0.05) is 40.5 Å². The van der Waals surface area contributed by atoms with E-state index in [2.05, 4.69) is 15.6 Å². The summed E-state index contributed by atoms with van der Waals surface area (Å²) in [5.41, 5.74) is 4.56. The third-order valence-electron chi connectivity index (χ3n) is 8.85. The summed E-state index contributed by atoms with van der Waals surface area (Å²) in [6.07, 6.45) is 2.43. The van der Waals surface area contributed by atoms with Crippen LogP contribution in [-0.2, 0) is 26.3 Å². The fourth-order valence-electron chi connectivity index (χ4n) is 6.84. The van der Waals surface area contributed by atoms with Crippen LogP contribution in [0.2, 0.25) is 0 Å². The van der Waals surface area contributed by atoms with Gasteiger partial charge in [0.1, 0.15) is 11.3 Å². The number of methoxy groups -OCH3 is 1. The highest BCUT2D eigenvalue weighted by molar-refractivity contribution is 6.26. The molecule has 4 aromatic rings. The highest BCUT2D eigenvalue weighted by Gasteiger charge is 2.70. The number of para-hydroxylation sites is 1. The van der Waals surface area contributed by atoms with Crippen LogP contribution in [0.5, 0.6) is 5.75 Å². The van der Waals surface area contributed by atoms with E-state index in [0.29, 0.717) is 17.9 Å². The van der Waals surface area contributed by atoms with E-state index in [1.54, 1.807) is 31.4 Å². The number of nitrogens with zero attached hydrogens (tertiary/aromatic N) is 1. The number of fused-ring (bicyclic) bond motifs is 5. The first-order chi connectivity index (χ1) is 18.8. The molecule has 8 heteroatoms. The first kappa shape index (κ1) is 23.7. The summed E-state index contributed by atoms with van der Waals surface area (Å²) in [4.78, 5) is 46.9. The van der Waals surface area contributed by atoms with Crippen molar-refractivity contribution in [1.82, 2.24) is 10.3 Å². The average Bonchev–Trinajstić information content (AvgIpc) is 3.65. The van der Waals surface area contributed by atoms with Crippen molar-refractivity contribution in [2.24, 2.45) is 11.8 Å². The van der Waals surface area contributed by atoms with Gasteiger partial charge >= 0.3 is 0 Å². The van der Waals surface area contributed by atoms with Crippen molar-refractivity contribution in [3.8, 4) is 5.75 Å². The van der Waals surface area contributed by atoms with E-state index in [0.717, 1.165) is 38.8 Å². The molecule has 39 heavy (non-hydrogen) atoms. The van der Waals surface area contributed by atoms with E-state index in [9.17, 15) is 14.4 Å². The molecule has 2 saturated heterocycles. The van der Waals surface area contributed by atoms with Crippen LogP contribution in [0.3, 0.4) is 0 Å². The van der Waals surface area contributed by atoms with Crippen molar-refractivity contribution in [2.75, 3.05) is 17.3 Å². The molecule has 2 fully saturated rings. The number of imide groups is 1. The predicted octanol–water partition coefficient (Wildman–Crippen LogP) is 3.96. The van der Waals surface area contributed by atoms with Gasteiger partial charge in [0.2, 0.25) is 17.7 Å². The Labute approximate surface area is 225 Å². The average molecular weight is 521 g/mol. The van der Waals surface area contributed by atoms with Crippen LogP contribution in [-0.4, -0.2) is 35.9 Å². The van der Waals surface area contributed by atoms with E-state index in [1.807, 2.05) is 56.4 Å². The van der Waals surface area contributed by atoms with Gasteiger partial charge in [-0.05, 0) is 55.2 Å². The molecule has 0 unspecified atom stereocenters. The SMILES string of the molecule is COc1cccc(N2C(=O)[C@@H]3[C@H](Cc4c[nH]c5ccccc45)N[C@]4(C(=O)Nc5c4ccc(C)c5C)[C@@H]3C2=O)c1. The summed E-state index contributed by atoms with van der Waals surface area (Å²) >= 11 is 0. The monoisotopic (exact) mass is 520 g/mol. The topological polar surface area (TPSA) is 104 Å². The van der Waals surface area contributed by atoms with Crippen LogP contribution in [0.25, 0.3) is 10.9 Å². The fourth-order valence-corrected chi connectivity index (χ4v) is 6.84. The molecule has 0 saturated carbocycles. The van der Waals surface area contributed by atoms with Crippen molar-refractivity contribution in [3.63, 3.8) is 0 Å². The Hall–Kier alpha value is -4.43. The standard InChI is InChI=1S/C31H28N4O4/c1-16-11-12-22-27(17(16)2)33-30(38)31(22)26-25(24(34-31)13-18-15-32-23-10-5-4-9-21(18)23)28(36)35(29(26)37)19-7-6-8-20(14-19)39-3/h4-12,14-15,24-26,32,34H,13H2,1-3H3,(H,33,38)/t24-,25+,26-,31-/m0/s1. The van der Waals surface area contributed by atoms with Crippen molar-refractivity contribution >= 4 is 40.0 Å². The normalized spacial score (nSPS) is 25.5. The second-order valence-electron chi connectivity index (χ2n) is 10.7. The lowest BCUT2D eigenvalue weighted by Gasteiger charge is -2.29. The van der Waals surface area contributed by atoms with Crippen LogP contribution in [0, 0.1) is 25.7 Å². The number of ether oxygens (including phenoxy) is 1. The molecule has 8 nitrogen and oxygen atoms in total. The number of carbonyl (C=O) groups is 3. The second-order valence-corrected chi connectivity index (χ2v) is 10.7. The minimum atomic E-state index is -1.35. The van der Waals surface area contributed by atoms with E-state index in [1.165, 1.54) is 4.90 Å². The van der Waals surface area contributed by atoms with Gasteiger partial charge in [-0.15, -0.1) is 0 Å². The molecular formula is C31H28N4O4. The Morgan fingerprint density at radius 3 is 2.62 bits per heavy atom. The van der Waals surface area contributed by atoms with Crippen molar-refractivity contribution in [3.05, 3.63) is 89.1 Å². The maximum Gasteiger partial charge on any atom is 0.250 e. The third-order valence-corrected chi connectivity index (χ3v) is 8.85. The highest BCUT2D eigenvalue weighted by Crippen LogP contribution is 2.55. The molecule has 0 aliphatic carbocycles. The summed E-state index contributed by atoms with van der Waals surface area (Å²) < 4.78 is 5.36. The molecule has 3 aliphatic rings. The maximum atomic E-state index is 14.3. The van der Waals surface area contributed by atoms with Gasteiger partial charge in [-0.2, -0.15) is 0 Å². The molecule has 4 atom stereocenters. The summed E-state index contributed by atoms with van der Waals surface area (Å²) in [5, 5.41) is 7.68. The van der Waals surface area contributed by atoms with E-state index in [4.69, 9.17) is 4.74 Å². The summed E-state index contributed by atoms with van der Waals surface area (Å²) in [6.45, 7) is 3.96. The predicted molar refractivity (Wildman–Crippen MR) is 148 cm³/mol. The molecular weight excluding hydrogens is 492 g/mol. The number of hydrogen-bond donors (Lipinski definition) is 3. The number of hydrogen-bond acceptors (Lipinski definition) is 5. The maximum absolute atomic E-state index is 14.3. The third kappa shape index (κ3) is 3.12. The molecule has 196 valence electrons. The van der Waals surface area contributed by atoms with Gasteiger partial charge in [-0.1, -0.05) is 36.4 Å². The Morgan fingerprint density at radius 2 is 1.79 bits per heavy atom. The van der Waals surface area contributed by atoms with Crippen molar-refractivity contribution in [1.29, 1.82) is 0 Å². The van der Waals surface area contributed by atoms with Gasteiger partial charge in [-0.3, -0.25) is 19.7 Å². The van der Waals surface area contributed by atoms with Crippen molar-refractivity contribution < 1.29 is 19.1 Å². The number of benzene rings is 3. The number of rotatable bonds is 4. The van der Waals surface area contributed by atoms with Gasteiger partial charge in [-0.25, -0.2) is 4.90 Å². The van der Waals surface area contributed by atoms with Crippen molar-refractivity contribution in [2.45, 2.75) is 31.8 Å². The zero-order chi connectivity index (χ0) is 27.1. The lowest BCUT2D eigenvalue weighted by atomic mass is 9.75. The molecule has 0 bridgehead atoms. The first-order valence-corrected chi connectivity index (χ1v) is 13.1. The molecule has 3 aliphatic heterocycles. The Morgan fingerprint density at radius 1 is 0.974 bits per heavy atom. The van der Waals surface area contributed by atoms with Gasteiger partial charge < -0.3 is 15.0 Å². The second kappa shape index (κ2) is 8.28. The Kier molecular flexibility index (Phi) is 5.03. The molecule has 1 spiro atoms. The molecule has 3 amide bonds. The molecule has 0 radical (unpaired) electrons. The van der Waals surface area contributed by atoms with Gasteiger partial charge in [0.25, 0.3) is 0 Å². The Bertz CT molecular complexity index is 1710. The van der Waals surface area contributed by atoms with E-state index < -0.39 is 23.4 Å². The molecule has 3 N–H and O–H groups in total. The molecule has 7 rings (SSSR count). The van der Waals surface area contributed by atoms with Crippen LogP contribution in [0.1, 0.15) is 22.3 Å². The number of amides is 3. The largest absolute Gasteiger partial charge is 0.497 e. The van der Waals surface area contributed by atoms with Crippen LogP contribution >= 0.6 is 0 Å². The lowest BCUT2D eigenvalue weighted by Crippen LogP contribution is -2.53. The zero-order valence-electron chi connectivity index (χ0n) is 21.9. The van der Waals surface area contributed by atoms with Crippen LogP contribution < -0.4 is 20.3 Å². The zero-order valence-corrected chi connectivity index (χ0v) is 21.9. The number of carbonyl (C=O) groups excluding carboxylic acids is 3. The minimum absolute atomic E-state index is 0.295. The number of aromatic amines is 1. The Balaban J connectivity index is 1.39. The summed E-state index contributed by atoms with van der Waals surface area (Å²) in [7, 11) is 1.54. The van der Waals surface area contributed by atoms with Gasteiger partial charge in [0.15, 0.2) is 0 Å². The number of aryl methyl sites for hydroxylation is 1. The summed E-state index contributed by atoms with van der Waals surface area (Å²) in [6, 6.07) is 18.4. The molecule has 4 heterocycles. The number of H-pyrrole nitrogens is 1. The quantitative estimate of drug-likeness (QED) is 0.354. The number of nitrogens with one attached hydrogen (secondary N) is 3. The fraction of sp³-hybridized carbons (Fsp3) is 0.258. The number of aromatic nitrogens is 1.